The molecule has 1 aromatic rings. The average molecular weight is 269 g/mol. The summed E-state index contributed by atoms with van der Waals surface area (Å²) >= 11 is 1.37. The van der Waals surface area contributed by atoms with Gasteiger partial charge in [0.15, 0.2) is 0 Å². The predicted octanol–water partition coefficient (Wildman–Crippen LogP) is 1.12. The van der Waals surface area contributed by atoms with E-state index < -0.39 is 18.0 Å². The molecule has 0 bridgehead atoms. The maximum absolute atomic E-state index is 11.5. The van der Waals surface area contributed by atoms with Gasteiger partial charge < -0.3 is 15.6 Å². The molecule has 0 aliphatic carbocycles. The van der Waals surface area contributed by atoms with Crippen LogP contribution in [0.4, 0.5) is 0 Å². The van der Waals surface area contributed by atoms with Crippen LogP contribution >= 0.6 is 11.8 Å². The van der Waals surface area contributed by atoms with Crippen molar-refractivity contribution in [2.24, 2.45) is 5.73 Å². The van der Waals surface area contributed by atoms with E-state index in [4.69, 9.17) is 10.8 Å². The molecule has 0 spiro atoms. The van der Waals surface area contributed by atoms with E-state index in [0.29, 0.717) is 17.1 Å². The number of hydrogen-bond acceptors (Lipinski definition) is 5. The van der Waals surface area contributed by atoms with Gasteiger partial charge in [0.2, 0.25) is 0 Å². The van der Waals surface area contributed by atoms with Gasteiger partial charge in [-0.2, -0.15) is 11.8 Å². The Balaban J connectivity index is 2.62. The topological polar surface area (TPSA) is 89.6 Å². The summed E-state index contributed by atoms with van der Waals surface area (Å²) in [5.74, 6) is -0.602. The van der Waals surface area contributed by atoms with E-state index in [1.807, 2.05) is 12.1 Å². The number of hydrogen-bond donors (Lipinski definition) is 2. The lowest BCUT2D eigenvalue weighted by Crippen LogP contribution is -2.32. The summed E-state index contributed by atoms with van der Waals surface area (Å²) in [6, 6.07) is 6.17. The molecule has 0 aliphatic rings. The van der Waals surface area contributed by atoms with Crippen LogP contribution in [0.25, 0.3) is 0 Å². The molecule has 0 radical (unpaired) electrons. The molecule has 6 heteroatoms. The Morgan fingerprint density at radius 2 is 2.11 bits per heavy atom. The molecule has 0 fully saturated rings. The van der Waals surface area contributed by atoms with E-state index in [1.54, 1.807) is 12.1 Å². The summed E-state index contributed by atoms with van der Waals surface area (Å²) in [5, 5.41) is 8.65. The van der Waals surface area contributed by atoms with Crippen LogP contribution in [0.15, 0.2) is 24.3 Å². The molecule has 18 heavy (non-hydrogen) atoms. The smallest absolute Gasteiger partial charge is 0.338 e. The molecular weight excluding hydrogens is 254 g/mol. The van der Waals surface area contributed by atoms with Crippen LogP contribution in [0.1, 0.15) is 15.9 Å². The molecule has 5 nitrogen and oxygen atoms in total. The molecule has 0 amide bonds. The highest BCUT2D eigenvalue weighted by Crippen LogP contribution is 2.17. The lowest BCUT2D eigenvalue weighted by atomic mass is 10.1. The summed E-state index contributed by atoms with van der Waals surface area (Å²) in [6.45, 7) is 0. The zero-order valence-corrected chi connectivity index (χ0v) is 10.8. The van der Waals surface area contributed by atoms with Crippen molar-refractivity contribution >= 4 is 23.7 Å². The number of rotatable bonds is 6. The van der Waals surface area contributed by atoms with E-state index in [1.165, 1.54) is 18.9 Å². The molecule has 3 N–H and O–H groups in total. The molecule has 1 rings (SSSR count). The van der Waals surface area contributed by atoms with Gasteiger partial charge in [-0.25, -0.2) is 4.79 Å². The summed E-state index contributed by atoms with van der Waals surface area (Å²) in [4.78, 5) is 22.0. The molecule has 0 heterocycles. The minimum Gasteiger partial charge on any atom is -0.480 e. The normalized spacial score (nSPS) is 11.9. The number of aliphatic carboxylic acids is 1. The number of carboxylic acids is 1. The minimum absolute atomic E-state index is 0.296. The van der Waals surface area contributed by atoms with Crippen LogP contribution in [-0.2, 0) is 15.3 Å². The molecule has 0 unspecified atom stereocenters. The number of carbonyl (C=O) groups is 2. The van der Waals surface area contributed by atoms with Crippen molar-refractivity contribution in [3.63, 3.8) is 0 Å². The Hall–Kier alpha value is -1.53. The van der Waals surface area contributed by atoms with Crippen molar-refractivity contribution in [1.82, 2.24) is 0 Å². The van der Waals surface area contributed by atoms with E-state index >= 15 is 0 Å². The minimum atomic E-state index is -1.02. The molecule has 0 aromatic heterocycles. The van der Waals surface area contributed by atoms with Crippen LogP contribution < -0.4 is 5.73 Å². The highest BCUT2D eigenvalue weighted by molar-refractivity contribution is 7.98. The lowest BCUT2D eigenvalue weighted by molar-refractivity contribution is -0.137. The van der Waals surface area contributed by atoms with Gasteiger partial charge in [-0.3, -0.25) is 4.79 Å². The number of benzene rings is 1. The quantitative estimate of drug-likeness (QED) is 0.752. The van der Waals surface area contributed by atoms with Crippen LogP contribution in [0.2, 0.25) is 0 Å². The largest absolute Gasteiger partial charge is 0.480 e. The van der Waals surface area contributed by atoms with Gasteiger partial charge in [0.1, 0.15) is 6.04 Å². The second kappa shape index (κ2) is 7.03. The molecule has 0 saturated carbocycles. The van der Waals surface area contributed by atoms with Crippen LogP contribution in [-0.4, -0.2) is 35.9 Å². The first-order valence-corrected chi connectivity index (χ1v) is 6.44. The third-order valence-electron chi connectivity index (χ3n) is 2.29. The molecule has 0 saturated heterocycles. The van der Waals surface area contributed by atoms with Crippen molar-refractivity contribution in [3.05, 3.63) is 35.4 Å². The second-order valence-corrected chi connectivity index (χ2v) is 4.64. The standard InChI is InChI=1S/C12H15NO4S/c1-17-12(16)9-5-3-2-4-8(9)6-18-7-10(13)11(14)15/h2-5,10H,6-7,13H2,1H3,(H,14,15)/t10-/m0/s1. The first-order valence-electron chi connectivity index (χ1n) is 5.28. The summed E-state index contributed by atoms with van der Waals surface area (Å²) in [7, 11) is 1.33. The molecule has 1 atom stereocenters. The molecular formula is C12H15NO4S. The maximum Gasteiger partial charge on any atom is 0.338 e. The van der Waals surface area contributed by atoms with Crippen molar-refractivity contribution in [3.8, 4) is 0 Å². The van der Waals surface area contributed by atoms with Gasteiger partial charge in [0, 0.05) is 11.5 Å². The Morgan fingerprint density at radius 1 is 1.44 bits per heavy atom. The zero-order valence-electron chi connectivity index (χ0n) is 9.96. The van der Waals surface area contributed by atoms with Crippen LogP contribution in [0, 0.1) is 0 Å². The van der Waals surface area contributed by atoms with Gasteiger partial charge in [0.25, 0.3) is 0 Å². The van der Waals surface area contributed by atoms with Crippen LogP contribution in [0.5, 0.6) is 0 Å². The second-order valence-electron chi connectivity index (χ2n) is 3.61. The Kier molecular flexibility index (Phi) is 5.67. The van der Waals surface area contributed by atoms with Crippen molar-refractivity contribution < 1.29 is 19.4 Å². The highest BCUT2D eigenvalue weighted by atomic mass is 32.2. The lowest BCUT2D eigenvalue weighted by Gasteiger charge is -2.09. The predicted molar refractivity (Wildman–Crippen MR) is 69.6 cm³/mol. The number of carboxylic acid groups (broad SMARTS) is 1. The first-order chi connectivity index (χ1) is 8.56. The maximum atomic E-state index is 11.5. The van der Waals surface area contributed by atoms with Crippen LogP contribution in [0.3, 0.4) is 0 Å². The summed E-state index contributed by atoms with van der Waals surface area (Å²) < 4.78 is 4.68. The molecule has 0 aliphatic heterocycles. The van der Waals surface area contributed by atoms with E-state index in [9.17, 15) is 9.59 Å². The molecule has 98 valence electrons. The van der Waals surface area contributed by atoms with Gasteiger partial charge >= 0.3 is 11.9 Å². The monoisotopic (exact) mass is 269 g/mol. The third-order valence-corrected chi connectivity index (χ3v) is 3.40. The first kappa shape index (κ1) is 14.5. The number of ether oxygens (including phenoxy) is 1. The average Bonchev–Trinajstić information content (AvgIpc) is 2.38. The summed E-state index contributed by atoms with van der Waals surface area (Å²) in [5.41, 5.74) is 6.70. The van der Waals surface area contributed by atoms with E-state index in [2.05, 4.69) is 4.74 Å². The highest BCUT2D eigenvalue weighted by Gasteiger charge is 2.13. The number of carbonyl (C=O) groups excluding carboxylic acids is 1. The van der Waals surface area contributed by atoms with E-state index in [-0.39, 0.29) is 0 Å². The fourth-order valence-corrected chi connectivity index (χ4v) is 2.31. The fourth-order valence-electron chi connectivity index (χ4n) is 1.32. The molecule has 1 aromatic carbocycles. The Morgan fingerprint density at radius 3 is 2.72 bits per heavy atom. The third kappa shape index (κ3) is 4.05. The SMILES string of the molecule is COC(=O)c1ccccc1CSC[C@H](N)C(=O)O. The van der Waals surface area contributed by atoms with Gasteiger partial charge in [0.05, 0.1) is 12.7 Å². The van der Waals surface area contributed by atoms with Gasteiger partial charge in [-0.15, -0.1) is 0 Å². The van der Waals surface area contributed by atoms with Crippen molar-refractivity contribution in [2.45, 2.75) is 11.8 Å². The van der Waals surface area contributed by atoms with E-state index in [0.717, 1.165) is 5.56 Å². The van der Waals surface area contributed by atoms with Gasteiger partial charge in [-0.1, -0.05) is 18.2 Å². The Bertz CT molecular complexity index is 436. The summed E-state index contributed by atoms with van der Waals surface area (Å²) in [6.07, 6.45) is 0. The number of nitrogens with two attached hydrogens (primary N) is 1. The van der Waals surface area contributed by atoms with Crippen molar-refractivity contribution in [1.29, 1.82) is 0 Å². The van der Waals surface area contributed by atoms with Gasteiger partial charge in [-0.05, 0) is 11.6 Å². The number of esters is 1. The zero-order chi connectivity index (χ0) is 13.5. The van der Waals surface area contributed by atoms with Crippen molar-refractivity contribution in [2.75, 3.05) is 12.9 Å². The number of methoxy groups -OCH3 is 1. The Labute approximate surface area is 109 Å². The number of thioether (sulfide) groups is 1. The fraction of sp³-hybridized carbons (Fsp3) is 0.333.